The van der Waals surface area contributed by atoms with Crippen molar-refractivity contribution in [1.82, 2.24) is 0 Å². The Hall–Kier alpha value is -0.990. The molecular formula is C20H29F13O2. The summed E-state index contributed by atoms with van der Waals surface area (Å²) in [6.45, 7) is 0.361. The highest BCUT2D eigenvalue weighted by Crippen LogP contribution is 2.55. The molecule has 0 bridgehead atoms. The van der Waals surface area contributed by atoms with Crippen molar-refractivity contribution in [2.24, 2.45) is 0 Å². The first-order valence-corrected chi connectivity index (χ1v) is 10.1. The van der Waals surface area contributed by atoms with Crippen LogP contribution in [0.5, 0.6) is 0 Å². The van der Waals surface area contributed by atoms with E-state index < -0.39 is 71.5 Å². The molecule has 0 aliphatic rings. The maximum absolute atomic E-state index is 15.5. The van der Waals surface area contributed by atoms with E-state index in [0.29, 0.717) is 41.5 Å². The van der Waals surface area contributed by atoms with E-state index in [0.717, 1.165) is 6.92 Å². The van der Waals surface area contributed by atoms with Gasteiger partial charge in [0.25, 0.3) is 17.8 Å². The van der Waals surface area contributed by atoms with Gasteiger partial charge in [-0.1, -0.05) is 6.92 Å². The SMILES string of the molecule is CCC(C)(OC(C)(C)C(F)(F)C(C)(C)OC(C)(C)C(F)(CF)C(F)(F)F)C(F)(C(F)F)C(F)(F)F. The van der Waals surface area contributed by atoms with Crippen LogP contribution in [0.4, 0.5) is 57.1 Å². The van der Waals surface area contributed by atoms with Gasteiger partial charge in [-0.25, -0.2) is 30.7 Å². The Balaban J connectivity index is 6.60. The minimum atomic E-state index is -6.28. The molecule has 0 aliphatic heterocycles. The van der Waals surface area contributed by atoms with Gasteiger partial charge in [-0.15, -0.1) is 0 Å². The summed E-state index contributed by atoms with van der Waals surface area (Å²) in [5.41, 5.74) is -23.8. The lowest BCUT2D eigenvalue weighted by Gasteiger charge is -2.53. The lowest BCUT2D eigenvalue weighted by atomic mass is 9.79. The molecule has 0 saturated heterocycles. The molecule has 2 nitrogen and oxygen atoms in total. The number of hydrogen-bond acceptors (Lipinski definition) is 2. The van der Waals surface area contributed by atoms with Gasteiger partial charge in [-0.05, 0) is 54.9 Å². The Morgan fingerprint density at radius 3 is 1.23 bits per heavy atom. The largest absolute Gasteiger partial charge is 0.431 e. The molecule has 15 heteroatoms. The van der Waals surface area contributed by atoms with E-state index in [2.05, 4.69) is 9.47 Å². The highest BCUT2D eigenvalue weighted by Gasteiger charge is 2.75. The van der Waals surface area contributed by atoms with E-state index in [1.54, 1.807) is 0 Å². The van der Waals surface area contributed by atoms with Gasteiger partial charge in [0.05, 0.1) is 0 Å². The molecule has 0 fully saturated rings. The first-order chi connectivity index (χ1) is 15.0. The van der Waals surface area contributed by atoms with Gasteiger partial charge in [0.15, 0.2) is 0 Å². The second-order valence-corrected chi connectivity index (χ2v) is 9.84. The van der Waals surface area contributed by atoms with Crippen LogP contribution in [0.3, 0.4) is 0 Å². The minimum absolute atomic E-state index is 0.182. The summed E-state index contributed by atoms with van der Waals surface area (Å²) >= 11 is 0. The number of rotatable bonds is 11. The smallest absolute Gasteiger partial charge is 0.359 e. The average Bonchev–Trinajstić information content (AvgIpc) is 2.62. The van der Waals surface area contributed by atoms with Gasteiger partial charge in [-0.2, -0.15) is 26.3 Å². The molecule has 0 spiro atoms. The molecule has 0 radical (unpaired) electrons. The van der Waals surface area contributed by atoms with Crippen LogP contribution in [0.2, 0.25) is 0 Å². The maximum Gasteiger partial charge on any atom is 0.431 e. The zero-order chi connectivity index (χ0) is 28.9. The molecule has 0 aromatic heterocycles. The van der Waals surface area contributed by atoms with Crippen LogP contribution < -0.4 is 0 Å². The lowest BCUT2D eigenvalue weighted by Crippen LogP contribution is -2.70. The van der Waals surface area contributed by atoms with Crippen LogP contribution in [0.1, 0.15) is 61.8 Å². The Morgan fingerprint density at radius 1 is 0.600 bits per heavy atom. The quantitative estimate of drug-likeness (QED) is 0.244. The topological polar surface area (TPSA) is 18.5 Å². The Morgan fingerprint density at radius 2 is 0.971 bits per heavy atom. The van der Waals surface area contributed by atoms with E-state index in [9.17, 15) is 48.3 Å². The van der Waals surface area contributed by atoms with Crippen molar-refractivity contribution in [3.63, 3.8) is 0 Å². The predicted octanol–water partition coefficient (Wildman–Crippen LogP) is 7.94. The molecule has 0 aromatic carbocycles. The van der Waals surface area contributed by atoms with Crippen LogP contribution in [0, 0.1) is 0 Å². The average molecular weight is 548 g/mol. The van der Waals surface area contributed by atoms with Crippen molar-refractivity contribution in [2.45, 2.75) is 120 Å². The van der Waals surface area contributed by atoms with E-state index in [4.69, 9.17) is 0 Å². The summed E-state index contributed by atoms with van der Waals surface area (Å²) < 4.78 is 189. The third-order valence-electron chi connectivity index (χ3n) is 6.25. The molecule has 0 N–H and O–H groups in total. The molecule has 0 aliphatic carbocycles. The summed E-state index contributed by atoms with van der Waals surface area (Å²) in [4.78, 5) is 0. The van der Waals surface area contributed by atoms with Crippen LogP contribution in [-0.2, 0) is 9.47 Å². The van der Waals surface area contributed by atoms with Crippen molar-refractivity contribution in [3.05, 3.63) is 0 Å². The molecule has 0 amide bonds. The van der Waals surface area contributed by atoms with Crippen LogP contribution in [0.15, 0.2) is 0 Å². The van der Waals surface area contributed by atoms with Gasteiger partial charge >= 0.3 is 18.3 Å². The molecule has 0 rings (SSSR count). The molecule has 0 saturated carbocycles. The summed E-state index contributed by atoms with van der Waals surface area (Å²) in [6, 6.07) is 0. The molecular weight excluding hydrogens is 519 g/mol. The van der Waals surface area contributed by atoms with Gasteiger partial charge < -0.3 is 9.47 Å². The van der Waals surface area contributed by atoms with E-state index >= 15 is 8.78 Å². The van der Waals surface area contributed by atoms with Gasteiger partial charge in [0.1, 0.15) is 29.1 Å². The fourth-order valence-corrected chi connectivity index (χ4v) is 3.77. The second-order valence-electron chi connectivity index (χ2n) is 9.84. The zero-order valence-electron chi connectivity index (χ0n) is 20.2. The highest BCUT2D eigenvalue weighted by molar-refractivity contribution is 5.11. The van der Waals surface area contributed by atoms with Crippen LogP contribution in [-0.4, -0.2) is 65.1 Å². The van der Waals surface area contributed by atoms with Crippen molar-refractivity contribution in [3.8, 4) is 0 Å². The normalized spacial score (nSPS) is 20.4. The van der Waals surface area contributed by atoms with E-state index in [1.165, 1.54) is 0 Å². The lowest BCUT2D eigenvalue weighted by molar-refractivity contribution is -0.383. The molecule has 3 atom stereocenters. The molecule has 0 heterocycles. The molecule has 212 valence electrons. The number of halogens is 13. The summed E-state index contributed by atoms with van der Waals surface area (Å²) in [5, 5.41) is 0. The second kappa shape index (κ2) is 9.39. The van der Waals surface area contributed by atoms with Crippen LogP contribution in [0.25, 0.3) is 0 Å². The zero-order valence-corrected chi connectivity index (χ0v) is 20.2. The number of alkyl halides is 13. The highest BCUT2D eigenvalue weighted by atomic mass is 19.4. The third-order valence-corrected chi connectivity index (χ3v) is 6.25. The summed E-state index contributed by atoms with van der Waals surface area (Å²) in [5.74, 6) is -4.70. The van der Waals surface area contributed by atoms with Gasteiger partial charge in [0, 0.05) is 0 Å². The monoisotopic (exact) mass is 548 g/mol. The maximum atomic E-state index is 15.5. The Bertz CT molecular complexity index is 730. The minimum Gasteiger partial charge on any atom is -0.359 e. The first kappa shape index (κ1) is 34.0. The number of hydrogen-bond donors (Lipinski definition) is 0. The van der Waals surface area contributed by atoms with Crippen LogP contribution >= 0.6 is 0 Å². The fraction of sp³-hybridized carbons (Fsp3) is 1.00. The molecule has 0 aromatic rings. The first-order valence-electron chi connectivity index (χ1n) is 10.1. The standard InChI is InChI=1S/C20H29F13O2/c1-9-15(8,17(25,11(22)23)20(31,32)33)35-14(6,7)18(26,27)13(4,5)34-12(2,3)16(24,10-21)19(28,29)30/h11H,9-10H2,1-8H3. The van der Waals surface area contributed by atoms with Crippen molar-refractivity contribution < 1.29 is 66.5 Å². The fourth-order valence-electron chi connectivity index (χ4n) is 3.77. The Labute approximate surface area is 194 Å². The van der Waals surface area contributed by atoms with Gasteiger partial charge in [-0.3, -0.25) is 0 Å². The van der Waals surface area contributed by atoms with Gasteiger partial charge in [0.2, 0.25) is 0 Å². The van der Waals surface area contributed by atoms with E-state index in [-0.39, 0.29) is 6.92 Å². The van der Waals surface area contributed by atoms with Crippen molar-refractivity contribution >= 4 is 0 Å². The Kier molecular flexibility index (Phi) is 9.13. The van der Waals surface area contributed by atoms with Crippen molar-refractivity contribution in [1.29, 1.82) is 0 Å². The van der Waals surface area contributed by atoms with Crippen molar-refractivity contribution in [2.75, 3.05) is 6.67 Å². The summed E-state index contributed by atoms with van der Waals surface area (Å²) in [7, 11) is 0. The third kappa shape index (κ3) is 5.35. The molecule has 35 heavy (non-hydrogen) atoms. The van der Waals surface area contributed by atoms with E-state index in [1.807, 2.05) is 0 Å². The number of ether oxygens (including phenoxy) is 2. The molecule has 3 unspecified atom stereocenters. The predicted molar refractivity (Wildman–Crippen MR) is 99.8 cm³/mol. The summed E-state index contributed by atoms with van der Waals surface area (Å²) in [6.07, 6.45) is -18.2.